The third-order valence-corrected chi connectivity index (χ3v) is 2.94. The maximum absolute atomic E-state index is 11.9. The van der Waals surface area contributed by atoms with Crippen molar-refractivity contribution < 1.29 is 9.90 Å². The highest BCUT2D eigenvalue weighted by atomic mass is 32.2. The van der Waals surface area contributed by atoms with E-state index in [1.165, 1.54) is 0 Å². The summed E-state index contributed by atoms with van der Waals surface area (Å²) in [6.45, 7) is 5.48. The van der Waals surface area contributed by atoms with Crippen molar-refractivity contribution in [3.8, 4) is 0 Å². The van der Waals surface area contributed by atoms with Crippen LogP contribution < -0.4 is 5.32 Å². The van der Waals surface area contributed by atoms with Gasteiger partial charge in [0.1, 0.15) is 0 Å². The predicted molar refractivity (Wildman–Crippen MR) is 69.3 cm³/mol. The molecule has 0 radical (unpaired) electrons. The first kappa shape index (κ1) is 14.0. The maximum atomic E-state index is 11.9. The molecule has 1 rings (SSSR count). The van der Waals surface area contributed by atoms with Gasteiger partial charge in [0.25, 0.3) is 5.91 Å². The van der Waals surface area contributed by atoms with Crippen molar-refractivity contribution in [1.82, 2.24) is 10.3 Å². The van der Waals surface area contributed by atoms with E-state index in [9.17, 15) is 4.79 Å². The summed E-state index contributed by atoms with van der Waals surface area (Å²) in [6, 6.07) is 3.43. The fourth-order valence-corrected chi connectivity index (χ4v) is 1.84. The van der Waals surface area contributed by atoms with E-state index in [1.54, 1.807) is 43.9 Å². The van der Waals surface area contributed by atoms with E-state index in [4.69, 9.17) is 5.11 Å². The molecule has 0 saturated carbocycles. The molecule has 0 atom stereocenters. The summed E-state index contributed by atoms with van der Waals surface area (Å²) in [5, 5.41) is 12.7. The number of amides is 1. The number of nitrogens with one attached hydrogen (secondary N) is 1. The number of rotatable bonds is 5. The van der Waals surface area contributed by atoms with Crippen LogP contribution in [0.1, 0.15) is 31.1 Å². The molecule has 0 fully saturated rings. The van der Waals surface area contributed by atoms with Crippen LogP contribution in [0.5, 0.6) is 0 Å². The molecule has 0 aliphatic rings. The summed E-state index contributed by atoms with van der Waals surface area (Å²) in [5.74, 6) is 0.727. The van der Waals surface area contributed by atoms with E-state index in [0.717, 1.165) is 10.8 Å². The third kappa shape index (κ3) is 4.36. The molecule has 0 aliphatic carbocycles. The number of carbonyl (C=O) groups excluding carboxylic acids is 1. The van der Waals surface area contributed by atoms with Gasteiger partial charge in [-0.2, -0.15) is 0 Å². The Morgan fingerprint density at radius 3 is 2.88 bits per heavy atom. The second-order valence-corrected chi connectivity index (χ2v) is 5.60. The van der Waals surface area contributed by atoms with Crippen LogP contribution in [0, 0.1) is 0 Å². The first-order chi connectivity index (χ1) is 7.98. The van der Waals surface area contributed by atoms with Gasteiger partial charge in [-0.05, 0) is 31.7 Å². The molecule has 17 heavy (non-hydrogen) atoms. The van der Waals surface area contributed by atoms with Gasteiger partial charge in [-0.25, -0.2) is 4.98 Å². The van der Waals surface area contributed by atoms with E-state index in [2.05, 4.69) is 10.3 Å². The average Bonchev–Trinajstić information content (AvgIpc) is 2.29. The second-order valence-electron chi connectivity index (χ2n) is 4.31. The highest BCUT2D eigenvalue weighted by molar-refractivity contribution is 7.99. The molecule has 1 heterocycles. The Morgan fingerprint density at radius 2 is 2.29 bits per heavy atom. The summed E-state index contributed by atoms with van der Waals surface area (Å²) in [4.78, 5) is 16.1. The smallest absolute Gasteiger partial charge is 0.251 e. The predicted octanol–water partition coefficient (Wildman–Crippen LogP) is 1.69. The van der Waals surface area contributed by atoms with E-state index in [0.29, 0.717) is 5.56 Å². The van der Waals surface area contributed by atoms with Gasteiger partial charge in [0, 0.05) is 11.8 Å². The van der Waals surface area contributed by atoms with Crippen molar-refractivity contribution in [3.63, 3.8) is 0 Å². The highest BCUT2D eigenvalue weighted by Crippen LogP contribution is 2.16. The second kappa shape index (κ2) is 6.02. The lowest BCUT2D eigenvalue weighted by atomic mass is 10.1. The zero-order valence-electron chi connectivity index (χ0n) is 10.4. The quantitative estimate of drug-likeness (QED) is 0.785. The highest BCUT2D eigenvalue weighted by Gasteiger charge is 2.20. The number of thioether (sulfide) groups is 1. The van der Waals surface area contributed by atoms with Crippen molar-refractivity contribution in [2.75, 3.05) is 12.4 Å². The van der Waals surface area contributed by atoms with Crippen LogP contribution >= 0.6 is 11.8 Å². The van der Waals surface area contributed by atoms with Gasteiger partial charge < -0.3 is 10.4 Å². The monoisotopic (exact) mass is 254 g/mol. The first-order valence-electron chi connectivity index (χ1n) is 5.50. The largest absolute Gasteiger partial charge is 0.394 e. The summed E-state index contributed by atoms with van der Waals surface area (Å²) in [6.07, 6.45) is 1.62. The van der Waals surface area contributed by atoms with Crippen LogP contribution in [0.15, 0.2) is 23.4 Å². The van der Waals surface area contributed by atoms with Crippen LogP contribution in [0.3, 0.4) is 0 Å². The molecular formula is C12H18N2O2S. The number of nitrogens with zero attached hydrogens (tertiary/aromatic N) is 1. The van der Waals surface area contributed by atoms with Gasteiger partial charge in [-0.1, -0.05) is 6.92 Å². The maximum Gasteiger partial charge on any atom is 0.251 e. The Bertz CT molecular complexity index is 394. The lowest BCUT2D eigenvalue weighted by Gasteiger charge is -2.23. The lowest BCUT2D eigenvalue weighted by molar-refractivity contribution is 0.0869. The van der Waals surface area contributed by atoms with E-state index >= 15 is 0 Å². The number of aliphatic hydroxyl groups excluding tert-OH is 1. The molecule has 1 amide bonds. The molecule has 0 unspecified atom stereocenters. The van der Waals surface area contributed by atoms with Gasteiger partial charge in [0.05, 0.1) is 17.2 Å². The van der Waals surface area contributed by atoms with Gasteiger partial charge in [0.15, 0.2) is 0 Å². The standard InChI is InChI=1S/C12H18N2O2S/c1-4-17-10-7-9(5-6-13-10)11(16)14-12(2,3)8-15/h5-7,15H,4,8H2,1-3H3,(H,14,16). The summed E-state index contributed by atoms with van der Waals surface area (Å²) in [7, 11) is 0. The van der Waals surface area contributed by atoms with Gasteiger partial charge >= 0.3 is 0 Å². The Balaban J connectivity index is 2.78. The van der Waals surface area contributed by atoms with Gasteiger partial charge in [-0.15, -0.1) is 11.8 Å². The minimum Gasteiger partial charge on any atom is -0.394 e. The normalized spacial score (nSPS) is 11.3. The Hall–Kier alpha value is -1.07. The van der Waals surface area contributed by atoms with Crippen molar-refractivity contribution >= 4 is 17.7 Å². The molecule has 5 heteroatoms. The van der Waals surface area contributed by atoms with E-state index < -0.39 is 5.54 Å². The molecule has 0 bridgehead atoms. The Kier molecular flexibility index (Phi) is 4.96. The topological polar surface area (TPSA) is 62.2 Å². The van der Waals surface area contributed by atoms with Crippen LogP contribution in [0.25, 0.3) is 0 Å². The third-order valence-electron chi connectivity index (χ3n) is 2.14. The van der Waals surface area contributed by atoms with Crippen LogP contribution in [-0.2, 0) is 0 Å². The Labute approximate surface area is 106 Å². The Morgan fingerprint density at radius 1 is 1.59 bits per heavy atom. The summed E-state index contributed by atoms with van der Waals surface area (Å²) in [5.41, 5.74) is -0.0456. The average molecular weight is 254 g/mol. The number of hydrogen-bond acceptors (Lipinski definition) is 4. The zero-order valence-corrected chi connectivity index (χ0v) is 11.2. The first-order valence-corrected chi connectivity index (χ1v) is 6.49. The number of aliphatic hydroxyl groups is 1. The van der Waals surface area contributed by atoms with Crippen molar-refractivity contribution in [2.45, 2.75) is 31.3 Å². The molecule has 4 nitrogen and oxygen atoms in total. The van der Waals surface area contributed by atoms with Gasteiger partial charge in [0.2, 0.25) is 0 Å². The number of hydrogen-bond donors (Lipinski definition) is 2. The lowest BCUT2D eigenvalue weighted by Crippen LogP contribution is -2.46. The molecular weight excluding hydrogens is 236 g/mol. The fourth-order valence-electron chi connectivity index (χ4n) is 1.20. The molecule has 0 spiro atoms. The number of aromatic nitrogens is 1. The molecule has 94 valence electrons. The van der Waals surface area contributed by atoms with Crippen LogP contribution in [0.4, 0.5) is 0 Å². The number of carbonyl (C=O) groups is 1. The summed E-state index contributed by atoms with van der Waals surface area (Å²) >= 11 is 1.59. The van der Waals surface area contributed by atoms with Crippen molar-refractivity contribution in [2.24, 2.45) is 0 Å². The van der Waals surface area contributed by atoms with E-state index in [-0.39, 0.29) is 12.5 Å². The van der Waals surface area contributed by atoms with Crippen molar-refractivity contribution in [3.05, 3.63) is 23.9 Å². The molecule has 0 aliphatic heterocycles. The van der Waals surface area contributed by atoms with E-state index in [1.807, 2.05) is 6.92 Å². The fraction of sp³-hybridized carbons (Fsp3) is 0.500. The molecule has 0 aromatic carbocycles. The minimum absolute atomic E-state index is 0.0968. The van der Waals surface area contributed by atoms with Gasteiger partial charge in [-0.3, -0.25) is 4.79 Å². The van der Waals surface area contributed by atoms with Crippen molar-refractivity contribution in [1.29, 1.82) is 0 Å². The summed E-state index contributed by atoms with van der Waals surface area (Å²) < 4.78 is 0. The SMILES string of the molecule is CCSc1cc(C(=O)NC(C)(C)CO)ccn1. The molecule has 2 N–H and O–H groups in total. The molecule has 0 saturated heterocycles. The molecule has 1 aromatic rings. The minimum atomic E-state index is -0.613. The van der Waals surface area contributed by atoms with Crippen LogP contribution in [0.2, 0.25) is 0 Å². The van der Waals surface area contributed by atoms with Crippen LogP contribution in [-0.4, -0.2) is 33.9 Å². The zero-order chi connectivity index (χ0) is 12.9. The molecule has 1 aromatic heterocycles. The number of pyridine rings is 1.